The van der Waals surface area contributed by atoms with Crippen molar-refractivity contribution < 1.29 is 50.0 Å². The second-order valence-corrected chi connectivity index (χ2v) is 2.87. The second kappa shape index (κ2) is 13.1. The van der Waals surface area contributed by atoms with E-state index < -0.39 is 0 Å². The van der Waals surface area contributed by atoms with Crippen LogP contribution in [0.3, 0.4) is 0 Å². The molecule has 0 saturated carbocycles. The molecular formula is C9H14ClNO2Ti. The average Bonchev–Trinajstić information content (AvgIpc) is 1.88. The fourth-order valence-corrected chi connectivity index (χ4v) is 1.00. The van der Waals surface area contributed by atoms with Crippen molar-refractivity contribution in [3.05, 3.63) is 35.9 Å². The van der Waals surface area contributed by atoms with Gasteiger partial charge < -0.3 is 28.3 Å². The van der Waals surface area contributed by atoms with E-state index in [9.17, 15) is 0 Å². The molecule has 1 aromatic rings. The van der Waals surface area contributed by atoms with E-state index in [1.54, 1.807) is 0 Å². The molecule has 0 amide bonds. The van der Waals surface area contributed by atoms with Crippen LogP contribution in [0.2, 0.25) is 0 Å². The first-order valence-electron chi connectivity index (χ1n) is 3.62. The van der Waals surface area contributed by atoms with Crippen LogP contribution >= 0.6 is 0 Å². The number of rotatable bonds is 2. The topological polar surface area (TPSA) is 61.4 Å². The molecule has 0 aliphatic rings. The minimum atomic E-state index is 0. The van der Waals surface area contributed by atoms with Crippen LogP contribution in [0.15, 0.2) is 30.3 Å². The van der Waals surface area contributed by atoms with Gasteiger partial charge in [-0.05, 0) is 0 Å². The van der Waals surface area contributed by atoms with Crippen molar-refractivity contribution >= 4 is 0 Å². The number of halogens is 1. The summed E-state index contributed by atoms with van der Waals surface area (Å²) in [5.74, 6) is 0. The van der Waals surface area contributed by atoms with Crippen LogP contribution in [0.5, 0.6) is 0 Å². The van der Waals surface area contributed by atoms with Gasteiger partial charge in [0.05, 0.1) is 14.1 Å². The molecule has 3 nitrogen and oxygen atoms in total. The smallest absolute Gasteiger partial charge is 2.00 e. The van der Waals surface area contributed by atoms with Gasteiger partial charge in [0.1, 0.15) is 6.54 Å². The summed E-state index contributed by atoms with van der Waals surface area (Å²) in [5.41, 5.74) is 1.41. The van der Waals surface area contributed by atoms with Gasteiger partial charge in [0.25, 0.3) is 0 Å². The van der Waals surface area contributed by atoms with E-state index in [0.29, 0.717) is 0 Å². The molecule has 0 aliphatic heterocycles. The van der Waals surface area contributed by atoms with Gasteiger partial charge in [-0.2, -0.15) is 0 Å². The van der Waals surface area contributed by atoms with Gasteiger partial charge in [-0.25, -0.2) is 0 Å². The molecule has 1 N–H and O–H groups in total. The molecular weight excluding hydrogens is 237 g/mol. The summed E-state index contributed by atoms with van der Waals surface area (Å²) in [6.07, 6.45) is 0. The van der Waals surface area contributed by atoms with Crippen molar-refractivity contribution in [1.29, 1.82) is 0 Å². The Kier molecular flexibility index (Phi) is 22.2. The van der Waals surface area contributed by atoms with E-state index >= 15 is 0 Å². The maximum Gasteiger partial charge on any atom is 4.00 e. The van der Waals surface area contributed by atoms with Crippen LogP contribution in [-0.2, 0) is 39.2 Å². The van der Waals surface area contributed by atoms with E-state index in [0.717, 1.165) is 6.54 Å². The molecule has 0 unspecified atom stereocenters. The molecule has 0 spiro atoms. The second-order valence-electron chi connectivity index (χ2n) is 2.87. The first-order chi connectivity index (χ1) is 4.79. The molecule has 1 rings (SSSR count). The van der Waals surface area contributed by atoms with E-state index in [2.05, 4.69) is 44.4 Å². The zero-order valence-electron chi connectivity index (χ0n) is 8.29. The van der Waals surface area contributed by atoms with Gasteiger partial charge in [-0.3, -0.25) is 0 Å². The Morgan fingerprint density at radius 1 is 1.00 bits per heavy atom. The number of quaternary nitrogens is 1. The Balaban J connectivity index is -0.000000125. The predicted molar refractivity (Wildman–Crippen MR) is 44.3 cm³/mol. The Bertz CT molecular complexity index is 197. The van der Waals surface area contributed by atoms with Gasteiger partial charge in [-0.15, -0.1) is 0 Å². The standard InChI is InChI=1S/C9H13N.ClH.2O.Ti/c1-10(2)8-9-6-4-3-5-7-9;;;;/h3-7H,8H2,1-2H3;1H;;;/q;;2*-2;+4. The predicted octanol–water partition coefficient (Wildman–Crippen LogP) is -2.90. The Labute approximate surface area is 106 Å². The maximum absolute atomic E-state index is 2.16. The van der Waals surface area contributed by atoms with Crippen LogP contribution in [0.1, 0.15) is 5.56 Å². The molecule has 14 heavy (non-hydrogen) atoms. The summed E-state index contributed by atoms with van der Waals surface area (Å²) in [6.45, 7) is 1.11. The number of nitrogens with one attached hydrogen (secondary N) is 1. The van der Waals surface area contributed by atoms with Gasteiger partial charge >= 0.3 is 21.7 Å². The molecule has 0 atom stereocenters. The number of hydrogen-bond donors (Lipinski definition) is 1. The molecule has 0 fully saturated rings. The molecule has 0 aromatic heterocycles. The van der Waals surface area contributed by atoms with Gasteiger partial charge in [0.15, 0.2) is 0 Å². The van der Waals surface area contributed by atoms with Crippen LogP contribution in [0, 0.1) is 0 Å². The number of hydrogen-bond acceptors (Lipinski definition) is 0. The van der Waals surface area contributed by atoms with E-state index in [4.69, 9.17) is 0 Å². The van der Waals surface area contributed by atoms with E-state index in [1.807, 2.05) is 0 Å². The summed E-state index contributed by atoms with van der Waals surface area (Å²) in [7, 11) is 4.32. The normalized spacial score (nSPS) is 7.36. The van der Waals surface area contributed by atoms with Crippen molar-refractivity contribution in [2.24, 2.45) is 0 Å². The summed E-state index contributed by atoms with van der Waals surface area (Å²) in [6, 6.07) is 10.5. The Morgan fingerprint density at radius 2 is 1.43 bits per heavy atom. The van der Waals surface area contributed by atoms with E-state index in [-0.39, 0.29) is 45.1 Å². The van der Waals surface area contributed by atoms with Gasteiger partial charge in [-0.1, -0.05) is 30.3 Å². The van der Waals surface area contributed by atoms with Crippen molar-refractivity contribution in [2.45, 2.75) is 6.54 Å². The van der Waals surface area contributed by atoms with Crippen molar-refractivity contribution in [3.8, 4) is 0 Å². The van der Waals surface area contributed by atoms with Gasteiger partial charge in [0, 0.05) is 5.56 Å². The molecule has 0 heterocycles. The van der Waals surface area contributed by atoms with Crippen molar-refractivity contribution in [2.75, 3.05) is 14.1 Å². The molecule has 0 bridgehead atoms. The molecule has 5 heteroatoms. The monoisotopic (exact) mass is 251 g/mol. The third kappa shape index (κ3) is 10.2. The number of benzene rings is 1. The fraction of sp³-hybridized carbons (Fsp3) is 0.333. The Hall–Kier alpha value is 0.104. The fourth-order valence-electron chi connectivity index (χ4n) is 1.00. The molecule has 0 aliphatic carbocycles. The first-order valence-corrected chi connectivity index (χ1v) is 3.62. The van der Waals surface area contributed by atoms with E-state index in [1.165, 1.54) is 10.5 Å². The largest absolute Gasteiger partial charge is 4.00 e. The molecule has 78 valence electrons. The minimum Gasteiger partial charge on any atom is -2.00 e. The molecule has 0 saturated heterocycles. The first kappa shape index (κ1) is 23.7. The van der Waals surface area contributed by atoms with Crippen molar-refractivity contribution in [3.63, 3.8) is 0 Å². The summed E-state index contributed by atoms with van der Waals surface area (Å²) in [4.78, 5) is 1.46. The van der Waals surface area contributed by atoms with Gasteiger partial charge in [0.2, 0.25) is 0 Å². The van der Waals surface area contributed by atoms with Crippen LogP contribution in [0.4, 0.5) is 0 Å². The summed E-state index contributed by atoms with van der Waals surface area (Å²) >= 11 is 0. The van der Waals surface area contributed by atoms with Crippen LogP contribution in [0.25, 0.3) is 0 Å². The summed E-state index contributed by atoms with van der Waals surface area (Å²) in [5, 5.41) is 0. The summed E-state index contributed by atoms with van der Waals surface area (Å²) < 4.78 is 0. The zero-order chi connectivity index (χ0) is 7.40. The third-order valence-electron chi connectivity index (χ3n) is 1.40. The molecule has 1 aromatic carbocycles. The molecule has 0 radical (unpaired) electrons. The minimum absolute atomic E-state index is 0. The third-order valence-corrected chi connectivity index (χ3v) is 1.40. The zero-order valence-corrected chi connectivity index (χ0v) is 10.6. The van der Waals surface area contributed by atoms with Crippen molar-refractivity contribution in [1.82, 2.24) is 0 Å². The van der Waals surface area contributed by atoms with Crippen LogP contribution in [-0.4, -0.2) is 14.1 Å². The van der Waals surface area contributed by atoms with Crippen LogP contribution < -0.4 is 17.3 Å². The SMILES string of the molecule is C[NH+](C)Cc1ccccc1.[Cl-].[O-2].[O-2].[Ti+4]. The Morgan fingerprint density at radius 3 is 1.79 bits per heavy atom. The maximum atomic E-state index is 2.16. The average molecular weight is 252 g/mol. The quantitative estimate of drug-likeness (QED) is 0.548.